The number of fused-ring (bicyclic) bond motifs is 1. The average molecular weight is 554 g/mol. The predicted octanol–water partition coefficient (Wildman–Crippen LogP) is 6.74. The molecule has 0 fully saturated rings. The van der Waals surface area contributed by atoms with Crippen molar-refractivity contribution in [2.45, 2.75) is 19.1 Å². The molecule has 2 unspecified atom stereocenters. The summed E-state index contributed by atoms with van der Waals surface area (Å²) in [6.45, 7) is 1.99. The van der Waals surface area contributed by atoms with Gasteiger partial charge in [0.1, 0.15) is 0 Å². The summed E-state index contributed by atoms with van der Waals surface area (Å²) in [5.74, 6) is 2.34. The molecule has 6 nitrogen and oxygen atoms in total. The number of nitrogens with one attached hydrogen (secondary N) is 1. The number of pyridine rings is 1. The summed E-state index contributed by atoms with van der Waals surface area (Å²) in [4.78, 5) is 21.7. The molecule has 0 spiro atoms. The molecule has 4 aromatic rings. The van der Waals surface area contributed by atoms with E-state index in [1.807, 2.05) is 74.6 Å². The van der Waals surface area contributed by atoms with Crippen molar-refractivity contribution in [3.8, 4) is 17.1 Å². The Morgan fingerprint density at radius 2 is 1.70 bits per heavy atom. The maximum absolute atomic E-state index is 12.3. The van der Waals surface area contributed by atoms with Gasteiger partial charge in [-0.1, -0.05) is 76.6 Å². The van der Waals surface area contributed by atoms with Crippen LogP contribution in [0.5, 0.6) is 5.88 Å². The van der Waals surface area contributed by atoms with Crippen LogP contribution in [0.25, 0.3) is 16.8 Å². The van der Waals surface area contributed by atoms with Crippen LogP contribution in [0.1, 0.15) is 41.3 Å². The number of aromatic nitrogens is 1. The van der Waals surface area contributed by atoms with Gasteiger partial charge in [0.05, 0.1) is 17.0 Å². The highest BCUT2D eigenvalue weighted by atomic mass is 79.9. The summed E-state index contributed by atoms with van der Waals surface area (Å²) < 4.78 is 7.18. The molecule has 2 N–H and O–H groups in total. The molecule has 2 heterocycles. The zero-order valence-electron chi connectivity index (χ0n) is 20.3. The molecule has 0 saturated heterocycles. The number of aliphatic imine (C=N–C) groups is 1. The lowest BCUT2D eigenvalue weighted by Crippen LogP contribution is -2.22. The molecule has 0 bridgehead atoms. The lowest BCUT2D eigenvalue weighted by atomic mass is 9.91. The lowest BCUT2D eigenvalue weighted by molar-refractivity contribution is -0.145. The SMILES string of the molecule is CNC(C)c1c(C2=C=Nc3ccc(Br)cc32)cc(-c2ccccc2)nc1OC(C(=O)O)c1ccccc1. The second-order valence-corrected chi connectivity index (χ2v) is 9.57. The molecule has 2 atom stereocenters. The van der Waals surface area contributed by atoms with Crippen LogP contribution < -0.4 is 10.1 Å². The smallest absolute Gasteiger partial charge is 0.349 e. The fraction of sp³-hybridized carbons (Fsp3) is 0.133. The van der Waals surface area contributed by atoms with Gasteiger partial charge in [0.15, 0.2) is 0 Å². The molecule has 184 valence electrons. The van der Waals surface area contributed by atoms with E-state index in [0.717, 1.165) is 38.0 Å². The van der Waals surface area contributed by atoms with E-state index in [9.17, 15) is 9.90 Å². The summed E-state index contributed by atoms with van der Waals surface area (Å²) in [7, 11) is 1.84. The Kier molecular flexibility index (Phi) is 7.01. The van der Waals surface area contributed by atoms with Crippen LogP contribution in [0.3, 0.4) is 0 Å². The number of rotatable bonds is 8. The van der Waals surface area contributed by atoms with E-state index in [2.05, 4.69) is 32.1 Å². The standard InChI is InChI=1S/C30H24BrN3O3/c1-18(32-2)27-23(24-17-33-25-14-13-21(31)15-22(24)25)16-26(19-9-5-3-6-10-19)34-29(27)37-28(30(35)36)20-11-7-4-8-12-20/h3-16,18,28,32H,1-2H3,(H,35,36). The van der Waals surface area contributed by atoms with Crippen molar-refractivity contribution in [2.24, 2.45) is 4.99 Å². The minimum absolute atomic E-state index is 0.210. The Bertz CT molecular complexity index is 1530. The third-order valence-corrected chi connectivity index (χ3v) is 6.79. The van der Waals surface area contributed by atoms with Gasteiger partial charge in [0.25, 0.3) is 0 Å². The molecule has 1 aromatic heterocycles. The molecule has 0 aliphatic carbocycles. The first kappa shape index (κ1) is 24.7. The van der Waals surface area contributed by atoms with E-state index < -0.39 is 12.1 Å². The number of aliphatic carboxylic acids is 1. The first-order valence-electron chi connectivity index (χ1n) is 11.8. The molecule has 7 heteroatoms. The van der Waals surface area contributed by atoms with Gasteiger partial charge in [-0.25, -0.2) is 14.8 Å². The van der Waals surface area contributed by atoms with Gasteiger partial charge in [-0.3, -0.25) is 0 Å². The van der Waals surface area contributed by atoms with Crippen molar-refractivity contribution < 1.29 is 14.6 Å². The van der Waals surface area contributed by atoms with Gasteiger partial charge in [-0.15, -0.1) is 0 Å². The highest BCUT2D eigenvalue weighted by molar-refractivity contribution is 9.10. The molecule has 37 heavy (non-hydrogen) atoms. The zero-order valence-corrected chi connectivity index (χ0v) is 21.9. The van der Waals surface area contributed by atoms with Crippen molar-refractivity contribution in [2.75, 3.05) is 7.05 Å². The van der Waals surface area contributed by atoms with E-state index >= 15 is 0 Å². The molecular formula is C30H24BrN3O3. The monoisotopic (exact) mass is 553 g/mol. The Labute approximate surface area is 223 Å². The van der Waals surface area contributed by atoms with Crippen LogP contribution in [-0.4, -0.2) is 29.0 Å². The Hall–Kier alpha value is -4.03. The molecule has 1 aliphatic heterocycles. The maximum Gasteiger partial charge on any atom is 0.349 e. The molecule has 1 aliphatic rings. The molecular weight excluding hydrogens is 530 g/mol. The number of hydrogen-bond donors (Lipinski definition) is 2. The average Bonchev–Trinajstić information content (AvgIpc) is 3.34. The van der Waals surface area contributed by atoms with Crippen LogP contribution >= 0.6 is 15.9 Å². The van der Waals surface area contributed by atoms with Gasteiger partial charge in [0.2, 0.25) is 12.0 Å². The van der Waals surface area contributed by atoms with Crippen LogP contribution in [0.15, 0.2) is 94.4 Å². The molecule has 0 radical (unpaired) electrons. The van der Waals surface area contributed by atoms with Crippen LogP contribution in [-0.2, 0) is 4.79 Å². The number of nitrogens with zero attached hydrogens (tertiary/aromatic N) is 2. The molecule has 0 saturated carbocycles. The van der Waals surface area contributed by atoms with Crippen molar-refractivity contribution in [3.63, 3.8) is 0 Å². The van der Waals surface area contributed by atoms with Crippen molar-refractivity contribution in [1.82, 2.24) is 10.3 Å². The fourth-order valence-corrected chi connectivity index (χ4v) is 4.70. The zero-order chi connectivity index (χ0) is 25.9. The van der Waals surface area contributed by atoms with Crippen LogP contribution in [0.4, 0.5) is 5.69 Å². The van der Waals surface area contributed by atoms with E-state index in [1.165, 1.54) is 0 Å². The van der Waals surface area contributed by atoms with E-state index in [0.29, 0.717) is 11.3 Å². The Morgan fingerprint density at radius 3 is 2.38 bits per heavy atom. The quantitative estimate of drug-likeness (QED) is 0.222. The number of ether oxygens (including phenoxy) is 1. The van der Waals surface area contributed by atoms with Crippen molar-refractivity contribution >= 4 is 39.0 Å². The largest absolute Gasteiger partial charge is 0.478 e. The third-order valence-electron chi connectivity index (χ3n) is 6.30. The van der Waals surface area contributed by atoms with Gasteiger partial charge >= 0.3 is 5.97 Å². The maximum atomic E-state index is 12.3. The predicted molar refractivity (Wildman–Crippen MR) is 148 cm³/mol. The van der Waals surface area contributed by atoms with Gasteiger partial charge in [0, 0.05) is 38.3 Å². The van der Waals surface area contributed by atoms with Gasteiger partial charge in [-0.05, 0) is 44.1 Å². The second kappa shape index (κ2) is 10.5. The minimum Gasteiger partial charge on any atom is -0.478 e. The topological polar surface area (TPSA) is 83.8 Å². The van der Waals surface area contributed by atoms with E-state index in [-0.39, 0.29) is 11.9 Å². The van der Waals surface area contributed by atoms with Crippen LogP contribution in [0.2, 0.25) is 0 Å². The van der Waals surface area contributed by atoms with Crippen molar-refractivity contribution in [3.05, 3.63) is 112 Å². The summed E-state index contributed by atoms with van der Waals surface area (Å²) in [6, 6.07) is 26.3. The number of benzene rings is 3. The summed E-state index contributed by atoms with van der Waals surface area (Å²) in [5, 5.41) is 13.4. The van der Waals surface area contributed by atoms with E-state index in [4.69, 9.17) is 9.72 Å². The third kappa shape index (κ3) is 4.98. The van der Waals surface area contributed by atoms with Crippen molar-refractivity contribution in [1.29, 1.82) is 0 Å². The molecule has 0 amide bonds. The van der Waals surface area contributed by atoms with Gasteiger partial charge in [-0.2, -0.15) is 0 Å². The molecule has 5 rings (SSSR count). The Balaban J connectivity index is 1.75. The molecule has 3 aromatic carbocycles. The first-order chi connectivity index (χ1) is 18.0. The number of carbonyl (C=O) groups is 1. The number of halogens is 1. The lowest BCUT2D eigenvalue weighted by Gasteiger charge is -2.24. The highest BCUT2D eigenvalue weighted by Crippen LogP contribution is 2.42. The second-order valence-electron chi connectivity index (χ2n) is 8.66. The highest BCUT2D eigenvalue weighted by Gasteiger charge is 2.29. The summed E-state index contributed by atoms with van der Waals surface area (Å²) in [6.07, 6.45) is -1.23. The summed E-state index contributed by atoms with van der Waals surface area (Å²) in [5.41, 5.74) is 6.16. The first-order valence-corrected chi connectivity index (χ1v) is 12.6. The summed E-state index contributed by atoms with van der Waals surface area (Å²) >= 11 is 3.57. The number of carboxylic acids is 1. The number of carboxylic acid groups (broad SMARTS) is 1. The minimum atomic E-state index is -1.23. The van der Waals surface area contributed by atoms with E-state index in [1.54, 1.807) is 24.3 Å². The van der Waals surface area contributed by atoms with Gasteiger partial charge < -0.3 is 15.2 Å². The Morgan fingerprint density at radius 1 is 1.00 bits per heavy atom. The normalized spacial score (nSPS) is 13.5. The number of hydrogen-bond acceptors (Lipinski definition) is 5. The fourth-order valence-electron chi connectivity index (χ4n) is 4.34. The van der Waals surface area contributed by atoms with Crippen LogP contribution in [0, 0.1) is 0 Å².